The van der Waals surface area contributed by atoms with Gasteiger partial charge in [0.05, 0.1) is 5.69 Å². The van der Waals surface area contributed by atoms with Crippen LogP contribution in [0.5, 0.6) is 0 Å². The number of nitrogens with zero attached hydrogens (tertiary/aromatic N) is 2. The van der Waals surface area contributed by atoms with E-state index in [1.807, 2.05) is 6.92 Å². The number of aryl methyl sites for hydroxylation is 1. The molecule has 0 aromatic carbocycles. The predicted molar refractivity (Wildman–Crippen MR) is 36.2 cm³/mol. The molecular formula is C7H8N2O. The highest BCUT2D eigenvalue weighted by Crippen LogP contribution is 2.02. The molecule has 0 bridgehead atoms. The first-order chi connectivity index (χ1) is 4.86. The van der Waals surface area contributed by atoms with E-state index in [0.717, 1.165) is 12.1 Å². The minimum absolute atomic E-state index is 0.250. The molecule has 1 aromatic heterocycles. The Hall–Kier alpha value is -1.30. The topological polar surface area (TPSA) is 30.4 Å². The molecule has 0 saturated heterocycles. The largest absolute Gasteiger partial charge is 0.442 e. The molecule has 0 atom stereocenters. The lowest BCUT2D eigenvalue weighted by Gasteiger charge is -1.78. The van der Waals surface area contributed by atoms with Gasteiger partial charge in [0, 0.05) is 0 Å². The van der Waals surface area contributed by atoms with E-state index in [4.69, 9.17) is 11.0 Å². The van der Waals surface area contributed by atoms with Gasteiger partial charge < -0.3 is 9.26 Å². The fraction of sp³-hybridized carbons (Fsp3) is 0.429. The fourth-order valence-electron chi connectivity index (χ4n) is 0.652. The molecule has 0 amide bonds. The zero-order valence-corrected chi connectivity index (χ0v) is 5.79. The first-order valence-electron chi connectivity index (χ1n) is 3.13. The van der Waals surface area contributed by atoms with Gasteiger partial charge in [-0.1, -0.05) is 6.92 Å². The molecule has 0 unspecified atom stereocenters. The molecule has 52 valence electrons. The summed E-state index contributed by atoms with van der Waals surface area (Å²) < 4.78 is 4.97. The third-order valence-corrected chi connectivity index (χ3v) is 1.18. The Morgan fingerprint density at radius 3 is 3.10 bits per heavy atom. The summed E-state index contributed by atoms with van der Waals surface area (Å²) in [5, 5.41) is 0. The molecule has 0 aliphatic heterocycles. The molecule has 3 heteroatoms. The molecule has 0 fully saturated rings. The van der Waals surface area contributed by atoms with Crippen molar-refractivity contribution in [3.05, 3.63) is 29.3 Å². The van der Waals surface area contributed by atoms with Gasteiger partial charge in [-0.3, -0.25) is 0 Å². The van der Waals surface area contributed by atoms with E-state index in [1.165, 1.54) is 0 Å². The van der Waals surface area contributed by atoms with Crippen LogP contribution in [-0.4, -0.2) is 4.98 Å². The van der Waals surface area contributed by atoms with Crippen LogP contribution < -0.4 is 0 Å². The highest BCUT2D eigenvalue weighted by molar-refractivity contribution is 4.96. The third kappa shape index (κ3) is 1.35. The summed E-state index contributed by atoms with van der Waals surface area (Å²) in [4.78, 5) is 7.19. The van der Waals surface area contributed by atoms with Crippen molar-refractivity contribution in [1.29, 1.82) is 0 Å². The van der Waals surface area contributed by atoms with Gasteiger partial charge in [-0.2, -0.15) is 0 Å². The molecule has 1 aromatic rings. The Labute approximate surface area is 59.5 Å². The summed E-state index contributed by atoms with van der Waals surface area (Å²) in [5.41, 5.74) is 0.915. The van der Waals surface area contributed by atoms with Crippen molar-refractivity contribution in [3.63, 3.8) is 0 Å². The zero-order chi connectivity index (χ0) is 7.40. The van der Waals surface area contributed by atoms with Crippen LogP contribution in [0, 0.1) is 6.57 Å². The van der Waals surface area contributed by atoms with E-state index >= 15 is 0 Å². The van der Waals surface area contributed by atoms with Gasteiger partial charge in [0.1, 0.15) is 6.26 Å². The lowest BCUT2D eigenvalue weighted by Crippen LogP contribution is -1.81. The van der Waals surface area contributed by atoms with Gasteiger partial charge >= 0.3 is 0 Å². The number of oxazole rings is 1. The number of rotatable bonds is 2. The first-order valence-corrected chi connectivity index (χ1v) is 3.13. The van der Waals surface area contributed by atoms with Crippen LogP contribution in [0.2, 0.25) is 0 Å². The third-order valence-electron chi connectivity index (χ3n) is 1.18. The molecule has 0 spiro atoms. The fourth-order valence-corrected chi connectivity index (χ4v) is 0.652. The van der Waals surface area contributed by atoms with Crippen molar-refractivity contribution in [3.8, 4) is 0 Å². The summed E-state index contributed by atoms with van der Waals surface area (Å²) in [5.74, 6) is 0.520. The van der Waals surface area contributed by atoms with Gasteiger partial charge in [0.25, 0.3) is 12.4 Å². The van der Waals surface area contributed by atoms with Crippen LogP contribution in [0.15, 0.2) is 10.7 Å². The number of aromatic nitrogens is 1. The van der Waals surface area contributed by atoms with E-state index in [1.54, 1.807) is 6.26 Å². The minimum Gasteiger partial charge on any atom is -0.442 e. The number of hydrogen-bond acceptors (Lipinski definition) is 2. The molecular weight excluding hydrogens is 128 g/mol. The van der Waals surface area contributed by atoms with Gasteiger partial charge in [0.15, 0.2) is 0 Å². The standard InChI is InChI=1S/C7H8N2O/c1-3-6-5-10-7(9-6)4-8-2/h5H,3-4H2,1H3. The van der Waals surface area contributed by atoms with Crippen LogP contribution >= 0.6 is 0 Å². The van der Waals surface area contributed by atoms with Gasteiger partial charge in [-0.25, -0.2) is 11.6 Å². The Kier molecular flexibility index (Phi) is 2.06. The van der Waals surface area contributed by atoms with Gasteiger partial charge in [0.2, 0.25) is 0 Å². The second-order valence-corrected chi connectivity index (χ2v) is 1.90. The van der Waals surface area contributed by atoms with E-state index in [2.05, 4.69) is 9.83 Å². The summed E-state index contributed by atoms with van der Waals surface area (Å²) in [6, 6.07) is 0. The second-order valence-electron chi connectivity index (χ2n) is 1.90. The highest BCUT2D eigenvalue weighted by atomic mass is 16.3. The smallest absolute Gasteiger partial charge is 0.289 e. The summed E-state index contributed by atoms with van der Waals surface area (Å²) >= 11 is 0. The second kappa shape index (κ2) is 3.02. The molecule has 1 rings (SSSR count). The molecule has 0 radical (unpaired) electrons. The minimum atomic E-state index is 0.250. The van der Waals surface area contributed by atoms with E-state index in [0.29, 0.717) is 5.89 Å². The Bertz CT molecular complexity index is 246. The lowest BCUT2D eigenvalue weighted by atomic mass is 10.4. The van der Waals surface area contributed by atoms with Gasteiger partial charge in [-0.05, 0) is 6.42 Å². The molecule has 0 saturated carbocycles. The molecule has 1 heterocycles. The van der Waals surface area contributed by atoms with Crippen LogP contribution in [0.1, 0.15) is 18.5 Å². The van der Waals surface area contributed by atoms with Crippen molar-refractivity contribution < 1.29 is 4.42 Å². The van der Waals surface area contributed by atoms with Crippen LogP contribution in [0.4, 0.5) is 0 Å². The normalized spacial score (nSPS) is 9.20. The Balaban J connectivity index is 2.70. The SMILES string of the molecule is [C-]#[N+]Cc1nc(CC)co1. The Morgan fingerprint density at radius 2 is 2.60 bits per heavy atom. The van der Waals surface area contributed by atoms with Crippen LogP contribution in [-0.2, 0) is 13.0 Å². The summed E-state index contributed by atoms with van der Waals surface area (Å²) in [7, 11) is 0. The maximum absolute atomic E-state index is 6.53. The quantitative estimate of drug-likeness (QED) is 0.579. The van der Waals surface area contributed by atoms with Crippen molar-refractivity contribution >= 4 is 0 Å². The van der Waals surface area contributed by atoms with E-state index < -0.39 is 0 Å². The monoisotopic (exact) mass is 136 g/mol. The van der Waals surface area contributed by atoms with Crippen molar-refractivity contribution in [2.75, 3.05) is 0 Å². The number of hydrogen-bond donors (Lipinski definition) is 0. The maximum atomic E-state index is 6.53. The Morgan fingerprint density at radius 1 is 1.80 bits per heavy atom. The van der Waals surface area contributed by atoms with E-state index in [9.17, 15) is 0 Å². The molecule has 0 N–H and O–H groups in total. The zero-order valence-electron chi connectivity index (χ0n) is 5.79. The average Bonchev–Trinajstić information content (AvgIpc) is 2.37. The average molecular weight is 136 g/mol. The van der Waals surface area contributed by atoms with Crippen molar-refractivity contribution in [1.82, 2.24) is 4.98 Å². The molecule has 10 heavy (non-hydrogen) atoms. The van der Waals surface area contributed by atoms with Crippen molar-refractivity contribution in [2.45, 2.75) is 19.9 Å². The maximum Gasteiger partial charge on any atom is 0.289 e. The van der Waals surface area contributed by atoms with E-state index in [-0.39, 0.29) is 6.54 Å². The summed E-state index contributed by atoms with van der Waals surface area (Å²) in [6.45, 7) is 8.78. The van der Waals surface area contributed by atoms with Gasteiger partial charge in [-0.15, -0.1) is 0 Å². The predicted octanol–water partition coefficient (Wildman–Crippen LogP) is 1.66. The molecule has 3 nitrogen and oxygen atoms in total. The lowest BCUT2D eigenvalue weighted by molar-refractivity contribution is 0.508. The molecule has 0 aliphatic rings. The molecule has 0 aliphatic carbocycles. The highest BCUT2D eigenvalue weighted by Gasteiger charge is 2.02. The van der Waals surface area contributed by atoms with Crippen LogP contribution in [0.3, 0.4) is 0 Å². The first kappa shape index (κ1) is 6.81. The van der Waals surface area contributed by atoms with Crippen molar-refractivity contribution in [2.24, 2.45) is 0 Å². The summed E-state index contributed by atoms with van der Waals surface area (Å²) in [6.07, 6.45) is 2.46. The van der Waals surface area contributed by atoms with Crippen LogP contribution in [0.25, 0.3) is 4.85 Å².